The molecule has 8 heteroatoms. The number of tetrazole rings is 1. The first-order valence-corrected chi connectivity index (χ1v) is 7.48. The molecule has 0 aliphatic carbocycles. The summed E-state index contributed by atoms with van der Waals surface area (Å²) in [6.07, 6.45) is 0. The van der Waals surface area contributed by atoms with Gasteiger partial charge in [0, 0.05) is 36.9 Å². The lowest BCUT2D eigenvalue weighted by Gasteiger charge is -2.36. The maximum atomic E-state index is 6.06. The quantitative estimate of drug-likeness (QED) is 0.714. The molecule has 3 aromatic rings. The number of aromatic nitrogens is 5. The van der Waals surface area contributed by atoms with Crippen molar-refractivity contribution >= 4 is 28.8 Å². The molecule has 112 valence electrons. The Kier molecular flexibility index (Phi) is 3.27. The zero-order valence-electron chi connectivity index (χ0n) is 11.8. The number of fused-ring (bicyclic) bond motifs is 1. The minimum Gasteiger partial charge on any atom is -0.368 e. The van der Waals surface area contributed by atoms with Crippen LogP contribution >= 0.6 is 11.6 Å². The first-order valence-electron chi connectivity index (χ1n) is 7.10. The number of halogens is 1. The van der Waals surface area contributed by atoms with Crippen LogP contribution in [0.15, 0.2) is 36.4 Å². The summed E-state index contributed by atoms with van der Waals surface area (Å²) in [5, 5.41) is 16.5. The Morgan fingerprint density at radius 1 is 0.955 bits per heavy atom. The van der Waals surface area contributed by atoms with Gasteiger partial charge in [-0.25, -0.2) is 0 Å². The lowest BCUT2D eigenvalue weighted by Crippen LogP contribution is -2.47. The van der Waals surface area contributed by atoms with Gasteiger partial charge in [-0.15, -0.1) is 14.8 Å². The molecule has 2 aromatic heterocycles. The number of hydrogen-bond donors (Lipinski definition) is 0. The van der Waals surface area contributed by atoms with Crippen LogP contribution in [0.1, 0.15) is 0 Å². The van der Waals surface area contributed by atoms with Crippen molar-refractivity contribution in [1.82, 2.24) is 25.3 Å². The molecule has 0 amide bonds. The Hall–Kier alpha value is -2.41. The summed E-state index contributed by atoms with van der Waals surface area (Å²) in [7, 11) is 0. The van der Waals surface area contributed by atoms with Gasteiger partial charge >= 0.3 is 0 Å². The van der Waals surface area contributed by atoms with Gasteiger partial charge in [0.1, 0.15) is 0 Å². The Labute approximate surface area is 132 Å². The maximum Gasteiger partial charge on any atom is 0.200 e. The maximum absolute atomic E-state index is 6.06. The summed E-state index contributed by atoms with van der Waals surface area (Å²) in [6, 6.07) is 11.8. The molecule has 1 aromatic carbocycles. The summed E-state index contributed by atoms with van der Waals surface area (Å²) in [5.41, 5.74) is 1.82. The normalized spacial score (nSPS) is 15.5. The minimum absolute atomic E-state index is 0.654. The van der Waals surface area contributed by atoms with Crippen molar-refractivity contribution in [1.29, 1.82) is 0 Å². The van der Waals surface area contributed by atoms with E-state index in [1.165, 1.54) is 4.63 Å². The Bertz CT molecular complexity index is 794. The lowest BCUT2D eigenvalue weighted by molar-refractivity contribution is 0.633. The molecule has 3 heterocycles. The predicted molar refractivity (Wildman–Crippen MR) is 84.5 cm³/mol. The molecule has 0 unspecified atom stereocenters. The third kappa shape index (κ3) is 2.43. The summed E-state index contributed by atoms with van der Waals surface area (Å²) < 4.78 is 1.46. The fourth-order valence-electron chi connectivity index (χ4n) is 2.68. The zero-order valence-corrected chi connectivity index (χ0v) is 12.6. The number of nitrogens with zero attached hydrogens (tertiary/aromatic N) is 7. The molecule has 4 rings (SSSR count). The molecule has 1 fully saturated rings. The van der Waals surface area contributed by atoms with E-state index in [2.05, 4.69) is 36.5 Å². The topological polar surface area (TPSA) is 62.5 Å². The van der Waals surface area contributed by atoms with Crippen molar-refractivity contribution in [2.75, 3.05) is 36.0 Å². The van der Waals surface area contributed by atoms with E-state index in [-0.39, 0.29) is 0 Å². The van der Waals surface area contributed by atoms with Gasteiger partial charge in [0.25, 0.3) is 0 Å². The van der Waals surface area contributed by atoms with Crippen LogP contribution < -0.4 is 9.80 Å². The standard InChI is InChI=1S/C14H14ClN7/c15-11-2-1-3-12(10-11)20-6-8-21(9-7-20)14-5-4-13-16-18-19-22(13)17-14/h1-5,10H,6-9H2. The van der Waals surface area contributed by atoms with Crippen molar-refractivity contribution in [3.63, 3.8) is 0 Å². The third-order valence-corrected chi connectivity index (χ3v) is 4.07. The fraction of sp³-hybridized carbons (Fsp3) is 0.286. The van der Waals surface area contributed by atoms with E-state index in [1.54, 1.807) is 0 Å². The molecule has 0 atom stereocenters. The van der Waals surface area contributed by atoms with Crippen LogP contribution in [0, 0.1) is 0 Å². The number of anilines is 2. The van der Waals surface area contributed by atoms with E-state index < -0.39 is 0 Å². The monoisotopic (exact) mass is 315 g/mol. The molecule has 22 heavy (non-hydrogen) atoms. The number of benzene rings is 1. The van der Waals surface area contributed by atoms with Gasteiger partial charge in [0.05, 0.1) is 0 Å². The van der Waals surface area contributed by atoms with Crippen molar-refractivity contribution in [2.45, 2.75) is 0 Å². The molecule has 1 aliphatic heterocycles. The van der Waals surface area contributed by atoms with Crippen molar-refractivity contribution in [3.8, 4) is 0 Å². The van der Waals surface area contributed by atoms with Crippen LogP contribution in [0.4, 0.5) is 11.5 Å². The van der Waals surface area contributed by atoms with Gasteiger partial charge in [-0.1, -0.05) is 17.7 Å². The average Bonchev–Trinajstić information content (AvgIpc) is 3.02. The van der Waals surface area contributed by atoms with Gasteiger partial charge < -0.3 is 9.80 Å². The largest absolute Gasteiger partial charge is 0.368 e. The van der Waals surface area contributed by atoms with Crippen molar-refractivity contribution < 1.29 is 0 Å². The fourth-order valence-corrected chi connectivity index (χ4v) is 2.86. The van der Waals surface area contributed by atoms with Gasteiger partial charge in [0.2, 0.25) is 0 Å². The zero-order chi connectivity index (χ0) is 14.9. The molecule has 0 radical (unpaired) electrons. The van der Waals surface area contributed by atoms with Crippen molar-refractivity contribution in [2.24, 2.45) is 0 Å². The average molecular weight is 316 g/mol. The highest BCUT2D eigenvalue weighted by atomic mass is 35.5. The molecule has 0 saturated carbocycles. The molecular formula is C14H14ClN7. The summed E-state index contributed by atoms with van der Waals surface area (Å²) in [6.45, 7) is 3.64. The van der Waals surface area contributed by atoms with Gasteiger partial charge in [0.15, 0.2) is 11.5 Å². The highest BCUT2D eigenvalue weighted by Crippen LogP contribution is 2.22. The van der Waals surface area contributed by atoms with E-state index in [4.69, 9.17) is 11.6 Å². The van der Waals surface area contributed by atoms with Crippen LogP contribution in [0.5, 0.6) is 0 Å². The molecular weight excluding hydrogens is 302 g/mol. The van der Waals surface area contributed by atoms with E-state index in [1.807, 2.05) is 30.3 Å². The molecule has 7 nitrogen and oxygen atoms in total. The highest BCUT2D eigenvalue weighted by molar-refractivity contribution is 6.30. The molecule has 0 N–H and O–H groups in total. The van der Waals surface area contributed by atoms with Gasteiger partial charge in [-0.05, 0) is 40.8 Å². The molecule has 1 aliphatic rings. The first kappa shape index (κ1) is 13.3. The predicted octanol–water partition coefficient (Wildman–Crippen LogP) is 1.50. The Morgan fingerprint density at radius 2 is 1.77 bits per heavy atom. The van der Waals surface area contributed by atoms with Crippen LogP contribution in [-0.4, -0.2) is 51.4 Å². The second-order valence-corrected chi connectivity index (χ2v) is 5.61. The lowest BCUT2D eigenvalue weighted by atomic mass is 10.2. The summed E-state index contributed by atoms with van der Waals surface area (Å²) in [4.78, 5) is 4.57. The Morgan fingerprint density at radius 3 is 2.59 bits per heavy atom. The summed E-state index contributed by atoms with van der Waals surface area (Å²) >= 11 is 6.06. The smallest absolute Gasteiger partial charge is 0.200 e. The molecule has 1 saturated heterocycles. The van der Waals surface area contributed by atoms with Crippen LogP contribution in [0.3, 0.4) is 0 Å². The van der Waals surface area contributed by atoms with Crippen LogP contribution in [0.2, 0.25) is 5.02 Å². The van der Waals surface area contributed by atoms with Crippen LogP contribution in [0.25, 0.3) is 5.65 Å². The first-order chi connectivity index (χ1) is 10.8. The van der Waals surface area contributed by atoms with Crippen molar-refractivity contribution in [3.05, 3.63) is 41.4 Å². The van der Waals surface area contributed by atoms with Crippen LogP contribution in [-0.2, 0) is 0 Å². The number of piperazine rings is 1. The minimum atomic E-state index is 0.654. The highest BCUT2D eigenvalue weighted by Gasteiger charge is 2.19. The number of rotatable bonds is 2. The second kappa shape index (κ2) is 5.42. The summed E-state index contributed by atoms with van der Waals surface area (Å²) in [5.74, 6) is 0.894. The SMILES string of the molecule is Clc1cccc(N2CCN(c3ccc4nnnn4n3)CC2)c1. The van der Waals surface area contributed by atoms with E-state index in [9.17, 15) is 0 Å². The molecule has 0 spiro atoms. The third-order valence-electron chi connectivity index (χ3n) is 3.83. The van der Waals surface area contributed by atoms with E-state index in [0.29, 0.717) is 5.65 Å². The molecule has 0 bridgehead atoms. The van der Waals surface area contributed by atoms with Gasteiger partial charge in [-0.2, -0.15) is 0 Å². The second-order valence-electron chi connectivity index (χ2n) is 5.17. The number of hydrogen-bond acceptors (Lipinski definition) is 6. The van der Waals surface area contributed by atoms with Gasteiger partial charge in [-0.3, -0.25) is 0 Å². The Balaban J connectivity index is 1.49. The van der Waals surface area contributed by atoms with E-state index in [0.717, 1.165) is 42.7 Å². The van der Waals surface area contributed by atoms with E-state index >= 15 is 0 Å².